The van der Waals surface area contributed by atoms with Crippen LogP contribution in [-0.4, -0.2) is 39.3 Å². The minimum Gasteiger partial charge on any atom is -0.375 e. The molecule has 3 heteroatoms. The zero-order chi connectivity index (χ0) is 15.2. The van der Waals surface area contributed by atoms with Crippen LogP contribution >= 0.6 is 0 Å². The molecule has 0 radical (unpaired) electrons. The molecule has 0 N–H and O–H groups in total. The van der Waals surface area contributed by atoms with E-state index in [2.05, 4.69) is 68.9 Å². The Morgan fingerprint density at radius 3 is 2.40 bits per heavy atom. The smallest absolute Gasteiger partial charge is 0.0973 e. The Morgan fingerprint density at radius 1 is 1.30 bits per heavy atom. The van der Waals surface area contributed by atoms with Crippen LogP contribution in [0.5, 0.6) is 0 Å². The summed E-state index contributed by atoms with van der Waals surface area (Å²) in [6, 6.07) is 12.0. The number of rotatable bonds is 8. The van der Waals surface area contributed by atoms with Crippen molar-refractivity contribution < 1.29 is 4.74 Å². The minimum absolute atomic E-state index is 0.120. The predicted octanol–water partition coefficient (Wildman–Crippen LogP) is 4.13. The fraction of sp³-hybridized carbons (Fsp3) is 0.529. The highest BCUT2D eigenvalue weighted by molar-refractivity contribution is 6.78. The number of benzene rings is 1. The SMILES string of the molecule is C=CC[Si](C)(C)CN(C)[C@@H](C)[C@@H](OC)c1ccccc1. The molecule has 0 heterocycles. The fourth-order valence-corrected chi connectivity index (χ4v) is 5.31. The topological polar surface area (TPSA) is 12.5 Å². The summed E-state index contributed by atoms with van der Waals surface area (Å²) >= 11 is 0. The Bertz CT molecular complexity index is 405. The van der Waals surface area contributed by atoms with Crippen molar-refractivity contribution in [1.29, 1.82) is 0 Å². The van der Waals surface area contributed by atoms with E-state index in [0.29, 0.717) is 6.04 Å². The van der Waals surface area contributed by atoms with E-state index in [1.165, 1.54) is 5.56 Å². The number of nitrogens with zero attached hydrogens (tertiary/aromatic N) is 1. The lowest BCUT2D eigenvalue weighted by molar-refractivity contribution is 0.0354. The molecule has 0 amide bonds. The van der Waals surface area contributed by atoms with E-state index in [1.807, 2.05) is 6.07 Å². The number of methoxy groups -OCH3 is 1. The molecular formula is C17H29NOSi. The molecule has 2 atom stereocenters. The largest absolute Gasteiger partial charge is 0.375 e. The Labute approximate surface area is 125 Å². The lowest BCUT2D eigenvalue weighted by Crippen LogP contribution is -2.46. The number of hydrogen-bond donors (Lipinski definition) is 0. The van der Waals surface area contributed by atoms with Gasteiger partial charge in [0, 0.05) is 13.2 Å². The molecule has 0 bridgehead atoms. The summed E-state index contributed by atoms with van der Waals surface area (Å²) in [5, 5.41) is 0. The van der Waals surface area contributed by atoms with Gasteiger partial charge in [-0.05, 0) is 31.7 Å². The predicted molar refractivity (Wildman–Crippen MR) is 90.8 cm³/mol. The Balaban J connectivity index is 2.76. The normalized spacial score (nSPS) is 15.1. The lowest BCUT2D eigenvalue weighted by atomic mass is 10.0. The second-order valence-electron chi connectivity index (χ2n) is 6.38. The number of likely N-dealkylation sites (N-methyl/N-ethyl adjacent to an activating group) is 1. The molecule has 0 spiro atoms. The van der Waals surface area contributed by atoms with Crippen molar-refractivity contribution in [3.05, 3.63) is 48.6 Å². The zero-order valence-electron chi connectivity index (χ0n) is 13.6. The fourth-order valence-electron chi connectivity index (χ4n) is 2.76. The van der Waals surface area contributed by atoms with Gasteiger partial charge in [0.25, 0.3) is 0 Å². The third kappa shape index (κ3) is 4.89. The summed E-state index contributed by atoms with van der Waals surface area (Å²) in [7, 11) is 2.77. The minimum atomic E-state index is -1.24. The van der Waals surface area contributed by atoms with E-state index in [1.54, 1.807) is 7.11 Å². The summed E-state index contributed by atoms with van der Waals surface area (Å²) in [5.41, 5.74) is 1.25. The summed E-state index contributed by atoms with van der Waals surface area (Å²) in [6.45, 7) is 11.0. The molecule has 0 aromatic heterocycles. The zero-order valence-corrected chi connectivity index (χ0v) is 14.6. The van der Waals surface area contributed by atoms with Gasteiger partial charge >= 0.3 is 0 Å². The molecule has 0 unspecified atom stereocenters. The first-order chi connectivity index (χ1) is 9.41. The molecule has 1 rings (SSSR count). The lowest BCUT2D eigenvalue weighted by Gasteiger charge is -2.35. The summed E-state index contributed by atoms with van der Waals surface area (Å²) in [5.74, 6) is 0. The maximum atomic E-state index is 5.75. The number of ether oxygens (including phenoxy) is 1. The van der Waals surface area contributed by atoms with Crippen molar-refractivity contribution in [2.24, 2.45) is 0 Å². The first-order valence-electron chi connectivity index (χ1n) is 7.30. The summed E-state index contributed by atoms with van der Waals surface area (Å²) in [4.78, 5) is 2.44. The van der Waals surface area contributed by atoms with Crippen LogP contribution in [0.2, 0.25) is 19.1 Å². The van der Waals surface area contributed by atoms with Gasteiger partial charge < -0.3 is 9.64 Å². The average molecular weight is 292 g/mol. The van der Waals surface area contributed by atoms with Crippen molar-refractivity contribution in [3.63, 3.8) is 0 Å². The van der Waals surface area contributed by atoms with Crippen LogP contribution in [0.1, 0.15) is 18.6 Å². The van der Waals surface area contributed by atoms with Gasteiger partial charge in [-0.3, -0.25) is 0 Å². The molecule has 0 saturated heterocycles. The van der Waals surface area contributed by atoms with E-state index >= 15 is 0 Å². The Morgan fingerprint density at radius 2 is 1.90 bits per heavy atom. The van der Waals surface area contributed by atoms with E-state index < -0.39 is 8.07 Å². The van der Waals surface area contributed by atoms with Crippen LogP contribution in [0.15, 0.2) is 43.0 Å². The molecule has 2 nitrogen and oxygen atoms in total. The molecular weight excluding hydrogens is 262 g/mol. The molecule has 0 aliphatic carbocycles. The molecule has 112 valence electrons. The standard InChI is InChI=1S/C17H29NOSi/c1-7-13-20(5,6)14-18(3)15(2)17(19-4)16-11-9-8-10-12-16/h7-12,15,17H,1,13-14H2,2-6H3/t15-,17+/m0/s1. The maximum Gasteiger partial charge on any atom is 0.0973 e. The van der Waals surface area contributed by atoms with Gasteiger partial charge in [0.1, 0.15) is 0 Å². The van der Waals surface area contributed by atoms with Crippen molar-refractivity contribution >= 4 is 8.07 Å². The van der Waals surface area contributed by atoms with Crippen molar-refractivity contribution in [2.45, 2.75) is 38.2 Å². The van der Waals surface area contributed by atoms with Crippen LogP contribution in [0.3, 0.4) is 0 Å². The van der Waals surface area contributed by atoms with E-state index in [0.717, 1.165) is 12.2 Å². The van der Waals surface area contributed by atoms with Crippen molar-refractivity contribution in [1.82, 2.24) is 4.90 Å². The van der Waals surface area contributed by atoms with Crippen LogP contribution < -0.4 is 0 Å². The number of allylic oxidation sites excluding steroid dienone is 1. The second kappa shape index (κ2) is 7.77. The number of hydrogen-bond acceptors (Lipinski definition) is 2. The van der Waals surface area contributed by atoms with Crippen LogP contribution in [0, 0.1) is 0 Å². The molecule has 20 heavy (non-hydrogen) atoms. The highest BCUT2D eigenvalue weighted by Gasteiger charge is 2.28. The van der Waals surface area contributed by atoms with Gasteiger partial charge in [-0.15, -0.1) is 6.58 Å². The quantitative estimate of drug-likeness (QED) is 0.527. The average Bonchev–Trinajstić information content (AvgIpc) is 2.40. The highest BCUT2D eigenvalue weighted by atomic mass is 28.3. The van der Waals surface area contributed by atoms with Gasteiger partial charge in [-0.2, -0.15) is 0 Å². The van der Waals surface area contributed by atoms with Crippen molar-refractivity contribution in [3.8, 4) is 0 Å². The second-order valence-corrected chi connectivity index (χ2v) is 11.4. The first kappa shape index (κ1) is 17.1. The van der Waals surface area contributed by atoms with Gasteiger partial charge in [0.2, 0.25) is 0 Å². The van der Waals surface area contributed by atoms with Gasteiger partial charge in [0.05, 0.1) is 14.2 Å². The molecule has 0 aliphatic rings. The summed E-state index contributed by atoms with van der Waals surface area (Å²) in [6.07, 6.45) is 3.34. The Kier molecular flexibility index (Phi) is 6.66. The van der Waals surface area contributed by atoms with Crippen molar-refractivity contribution in [2.75, 3.05) is 20.3 Å². The highest BCUT2D eigenvalue weighted by Crippen LogP contribution is 2.24. The maximum absolute atomic E-state index is 5.75. The molecule has 1 aromatic rings. The van der Waals surface area contributed by atoms with Crippen LogP contribution in [0.25, 0.3) is 0 Å². The molecule has 0 fully saturated rings. The monoisotopic (exact) mass is 291 g/mol. The van der Waals surface area contributed by atoms with Crippen LogP contribution in [-0.2, 0) is 4.74 Å². The summed E-state index contributed by atoms with van der Waals surface area (Å²) < 4.78 is 5.75. The molecule has 0 saturated carbocycles. The van der Waals surface area contributed by atoms with Gasteiger partial charge in [-0.1, -0.05) is 49.5 Å². The third-order valence-electron chi connectivity index (χ3n) is 3.89. The van der Waals surface area contributed by atoms with E-state index in [-0.39, 0.29) is 6.10 Å². The van der Waals surface area contributed by atoms with E-state index in [9.17, 15) is 0 Å². The first-order valence-corrected chi connectivity index (χ1v) is 10.7. The molecule has 1 aromatic carbocycles. The van der Waals surface area contributed by atoms with Gasteiger partial charge in [-0.25, -0.2) is 0 Å². The molecule has 0 aliphatic heterocycles. The van der Waals surface area contributed by atoms with Gasteiger partial charge in [0.15, 0.2) is 0 Å². The van der Waals surface area contributed by atoms with Crippen LogP contribution in [0.4, 0.5) is 0 Å². The Hall–Kier alpha value is -0.903. The third-order valence-corrected chi connectivity index (χ3v) is 6.64. The van der Waals surface area contributed by atoms with E-state index in [4.69, 9.17) is 4.74 Å².